The zero-order chi connectivity index (χ0) is 29.7. The molecule has 1 aliphatic carbocycles. The highest BCUT2D eigenvalue weighted by molar-refractivity contribution is 5.69. The fourth-order valence-corrected chi connectivity index (χ4v) is 6.19. The molecule has 0 radical (unpaired) electrons. The molecule has 2 unspecified atom stereocenters. The third-order valence-electron chi connectivity index (χ3n) is 8.81. The van der Waals surface area contributed by atoms with E-state index in [9.17, 15) is 9.90 Å². The molecule has 0 spiro atoms. The highest BCUT2D eigenvalue weighted by atomic mass is 19.1. The van der Waals surface area contributed by atoms with Gasteiger partial charge in [-0.1, -0.05) is 57.9 Å². The van der Waals surface area contributed by atoms with E-state index in [1.807, 2.05) is 6.08 Å². The highest BCUT2D eigenvalue weighted by Crippen LogP contribution is 2.42. The second-order valence-electron chi connectivity index (χ2n) is 12.6. The normalized spacial score (nSPS) is 31.1. The largest absolute Gasteiger partial charge is 0.469 e. The summed E-state index contributed by atoms with van der Waals surface area (Å²) in [6.07, 6.45) is 14.9. The summed E-state index contributed by atoms with van der Waals surface area (Å²) in [4.78, 5) is 11.4. The Kier molecular flexibility index (Phi) is 14.8. The standard InChI is InChI=1S/C33H55FO7/c1-5-6-20-33(2,3)28(41-31-17-11-13-22-39-31)19-18-24-27(40-30-16-10-12-21-38-30)23-26(35)32(24)25(34)14-8-7-9-15-29(36)37-4/h8,14,18-19,24-28,30-32,35H,5-7,9-13,15-17,20-23H2,1-4H3/t24-,25+,26-,27+,28+,30?,31?,32-/m0/s1. The van der Waals surface area contributed by atoms with Gasteiger partial charge < -0.3 is 28.8 Å². The maximum atomic E-state index is 15.8. The minimum absolute atomic E-state index is 0.141. The van der Waals surface area contributed by atoms with Crippen LogP contribution in [0.25, 0.3) is 0 Å². The first-order valence-corrected chi connectivity index (χ1v) is 16.0. The maximum Gasteiger partial charge on any atom is 0.305 e. The van der Waals surface area contributed by atoms with Crippen LogP contribution < -0.4 is 0 Å². The minimum atomic E-state index is -1.35. The summed E-state index contributed by atoms with van der Waals surface area (Å²) in [6.45, 7) is 8.00. The van der Waals surface area contributed by atoms with E-state index in [0.717, 1.165) is 57.8 Å². The van der Waals surface area contributed by atoms with E-state index >= 15 is 4.39 Å². The first-order chi connectivity index (χ1) is 19.7. The Morgan fingerprint density at radius 3 is 2.41 bits per heavy atom. The number of hydrogen-bond acceptors (Lipinski definition) is 7. The molecule has 1 saturated carbocycles. The molecule has 2 aliphatic heterocycles. The number of methoxy groups -OCH3 is 1. The summed E-state index contributed by atoms with van der Waals surface area (Å²) >= 11 is 0. The van der Waals surface area contributed by atoms with Gasteiger partial charge in [0.25, 0.3) is 0 Å². The molecule has 41 heavy (non-hydrogen) atoms. The van der Waals surface area contributed by atoms with Gasteiger partial charge in [-0.15, -0.1) is 0 Å². The Balaban J connectivity index is 1.79. The van der Waals surface area contributed by atoms with Crippen LogP contribution in [0.2, 0.25) is 0 Å². The molecule has 8 atom stereocenters. The van der Waals surface area contributed by atoms with Crippen molar-refractivity contribution >= 4 is 5.97 Å². The Morgan fingerprint density at radius 2 is 1.78 bits per heavy atom. The van der Waals surface area contributed by atoms with Gasteiger partial charge in [0.1, 0.15) is 6.17 Å². The lowest BCUT2D eigenvalue weighted by atomic mass is 9.80. The number of carbonyl (C=O) groups is 1. The van der Waals surface area contributed by atoms with Gasteiger partial charge in [0.2, 0.25) is 0 Å². The topological polar surface area (TPSA) is 83.5 Å². The number of alkyl halides is 1. The summed E-state index contributed by atoms with van der Waals surface area (Å²) in [7, 11) is 1.37. The molecule has 3 fully saturated rings. The number of halogens is 1. The zero-order valence-electron chi connectivity index (χ0n) is 25.8. The van der Waals surface area contributed by atoms with Gasteiger partial charge in [-0.3, -0.25) is 4.79 Å². The van der Waals surface area contributed by atoms with E-state index in [1.54, 1.807) is 6.08 Å². The Morgan fingerprint density at radius 1 is 1.07 bits per heavy atom. The fraction of sp³-hybridized carbons (Fsp3) is 0.848. The molecule has 1 N–H and O–H groups in total. The number of carbonyl (C=O) groups excluding carboxylic acids is 1. The molecule has 0 bridgehead atoms. The van der Waals surface area contributed by atoms with Gasteiger partial charge in [-0.2, -0.15) is 0 Å². The fourth-order valence-electron chi connectivity index (χ4n) is 6.19. The number of aliphatic hydroxyl groups is 1. The molecule has 2 saturated heterocycles. The van der Waals surface area contributed by atoms with Crippen molar-refractivity contribution in [2.75, 3.05) is 20.3 Å². The van der Waals surface area contributed by atoms with Crippen molar-refractivity contribution in [3.63, 3.8) is 0 Å². The van der Waals surface area contributed by atoms with Crippen molar-refractivity contribution in [2.24, 2.45) is 17.3 Å². The van der Waals surface area contributed by atoms with Crippen LogP contribution in [0.1, 0.15) is 104 Å². The third kappa shape index (κ3) is 11.0. The van der Waals surface area contributed by atoms with E-state index in [0.29, 0.717) is 38.9 Å². The summed E-state index contributed by atoms with van der Waals surface area (Å²) in [5.41, 5.74) is -0.141. The smallest absolute Gasteiger partial charge is 0.305 e. The quantitative estimate of drug-likeness (QED) is 0.121. The van der Waals surface area contributed by atoms with Crippen LogP contribution in [-0.4, -0.2) is 68.5 Å². The zero-order valence-corrected chi connectivity index (χ0v) is 25.8. The summed E-state index contributed by atoms with van der Waals surface area (Å²) < 4.78 is 45.2. The molecule has 7 nitrogen and oxygen atoms in total. The van der Waals surface area contributed by atoms with Crippen LogP contribution >= 0.6 is 0 Å². The molecular formula is C33H55FO7. The molecule has 8 heteroatoms. The SMILES string of the molecule is CCCCC(C)(C)[C@@H](C=C[C@@H]1[C@@H]([C@H](F)C=CCCCC(=O)OC)[C@@H](O)C[C@H]1OC1CCCCO1)OC1CCCCO1. The molecule has 0 amide bonds. The van der Waals surface area contributed by atoms with Crippen molar-refractivity contribution in [1.82, 2.24) is 0 Å². The molecule has 0 aromatic heterocycles. The van der Waals surface area contributed by atoms with Crippen LogP contribution in [0.15, 0.2) is 24.3 Å². The van der Waals surface area contributed by atoms with Gasteiger partial charge in [-0.05, 0) is 63.2 Å². The number of allylic oxidation sites excluding steroid dienone is 2. The van der Waals surface area contributed by atoms with Crippen LogP contribution in [0, 0.1) is 17.3 Å². The van der Waals surface area contributed by atoms with E-state index in [4.69, 9.17) is 18.9 Å². The summed E-state index contributed by atoms with van der Waals surface area (Å²) in [5.74, 6) is -1.26. The lowest BCUT2D eigenvalue weighted by molar-refractivity contribution is -0.198. The van der Waals surface area contributed by atoms with E-state index in [-0.39, 0.29) is 42.1 Å². The molecular weight excluding hydrogens is 527 g/mol. The van der Waals surface area contributed by atoms with Crippen LogP contribution in [0.5, 0.6) is 0 Å². The van der Waals surface area contributed by atoms with Crippen molar-refractivity contribution < 1.29 is 38.0 Å². The van der Waals surface area contributed by atoms with Crippen LogP contribution in [0.4, 0.5) is 4.39 Å². The number of esters is 1. The predicted molar refractivity (Wildman–Crippen MR) is 157 cm³/mol. The van der Waals surface area contributed by atoms with Crippen molar-refractivity contribution in [3.05, 3.63) is 24.3 Å². The van der Waals surface area contributed by atoms with Gasteiger partial charge in [-0.25, -0.2) is 4.39 Å². The average Bonchev–Trinajstić information content (AvgIpc) is 3.28. The van der Waals surface area contributed by atoms with Gasteiger partial charge in [0, 0.05) is 37.9 Å². The first kappa shape index (κ1) is 34.2. The number of hydrogen-bond donors (Lipinski definition) is 1. The van der Waals surface area contributed by atoms with Crippen LogP contribution in [-0.2, 0) is 28.5 Å². The van der Waals surface area contributed by atoms with Crippen molar-refractivity contribution in [1.29, 1.82) is 0 Å². The average molecular weight is 583 g/mol. The van der Waals surface area contributed by atoms with Crippen LogP contribution in [0.3, 0.4) is 0 Å². The second-order valence-corrected chi connectivity index (χ2v) is 12.6. The van der Waals surface area contributed by atoms with E-state index < -0.39 is 18.2 Å². The van der Waals surface area contributed by atoms with Gasteiger partial charge >= 0.3 is 5.97 Å². The molecule has 3 aliphatic rings. The number of unbranched alkanes of at least 4 members (excludes halogenated alkanes) is 2. The molecule has 3 rings (SSSR count). The third-order valence-corrected chi connectivity index (χ3v) is 8.81. The van der Waals surface area contributed by atoms with E-state index in [1.165, 1.54) is 13.2 Å². The molecule has 236 valence electrons. The molecule has 0 aromatic rings. The lowest BCUT2D eigenvalue weighted by Gasteiger charge is -2.37. The Hall–Kier alpha value is -1.32. The molecule has 0 aromatic carbocycles. The monoisotopic (exact) mass is 582 g/mol. The lowest BCUT2D eigenvalue weighted by Crippen LogP contribution is -2.37. The summed E-state index contributed by atoms with van der Waals surface area (Å²) in [5, 5.41) is 11.1. The van der Waals surface area contributed by atoms with Crippen molar-refractivity contribution in [3.8, 4) is 0 Å². The predicted octanol–water partition coefficient (Wildman–Crippen LogP) is 6.82. The van der Waals surface area contributed by atoms with Gasteiger partial charge in [0.05, 0.1) is 25.4 Å². The molecule has 2 heterocycles. The van der Waals surface area contributed by atoms with Crippen molar-refractivity contribution in [2.45, 2.75) is 141 Å². The Bertz CT molecular complexity index is 803. The number of rotatable bonds is 16. The first-order valence-electron chi connectivity index (χ1n) is 16.0. The minimum Gasteiger partial charge on any atom is -0.469 e. The number of aliphatic hydroxyl groups excluding tert-OH is 1. The Labute approximate surface area is 247 Å². The van der Waals surface area contributed by atoms with E-state index in [2.05, 4.69) is 31.6 Å². The summed E-state index contributed by atoms with van der Waals surface area (Å²) in [6, 6.07) is 0. The second kappa shape index (κ2) is 17.7. The van der Waals surface area contributed by atoms with Gasteiger partial charge in [0.15, 0.2) is 12.6 Å². The maximum absolute atomic E-state index is 15.8. The highest BCUT2D eigenvalue weighted by Gasteiger charge is 2.47. The number of ether oxygens (including phenoxy) is 5.